The molecule has 2 aromatic carbocycles. The molecule has 1 fully saturated rings. The van der Waals surface area contributed by atoms with Gasteiger partial charge in [-0.15, -0.1) is 0 Å². The number of hydrogen-bond acceptors (Lipinski definition) is 3. The Kier molecular flexibility index (Phi) is 5.47. The highest BCUT2D eigenvalue weighted by atomic mass is 127. The summed E-state index contributed by atoms with van der Waals surface area (Å²) in [5, 5.41) is 3.99. The summed E-state index contributed by atoms with van der Waals surface area (Å²) in [6, 6.07) is 15.5. The van der Waals surface area contributed by atoms with E-state index in [1.54, 1.807) is 11.1 Å². The lowest BCUT2D eigenvalue weighted by Gasteiger charge is -2.16. The Balaban J connectivity index is 1.59. The topological polar surface area (TPSA) is 61.8 Å². The molecule has 2 aromatic rings. The van der Waals surface area contributed by atoms with Crippen molar-refractivity contribution in [3.8, 4) is 0 Å². The number of benzene rings is 2. The van der Waals surface area contributed by atoms with E-state index in [0.717, 1.165) is 20.4 Å². The normalized spacial score (nSPS) is 17.3. The molecule has 25 heavy (non-hydrogen) atoms. The van der Waals surface area contributed by atoms with Gasteiger partial charge in [-0.1, -0.05) is 29.8 Å². The van der Waals surface area contributed by atoms with Crippen molar-refractivity contribution in [3.05, 3.63) is 63.2 Å². The SMILES string of the molecule is Cc1ccc(N2C[C@@H](C(=O)N/N=C\c3ccc(I)cc3)CC2=O)cc1. The summed E-state index contributed by atoms with van der Waals surface area (Å²) < 4.78 is 1.14. The van der Waals surface area contributed by atoms with Crippen LogP contribution < -0.4 is 10.3 Å². The molecule has 0 unspecified atom stereocenters. The number of hydrazone groups is 1. The molecule has 6 heteroatoms. The Hall–Kier alpha value is -2.22. The van der Waals surface area contributed by atoms with Gasteiger partial charge in [0.15, 0.2) is 0 Å². The average molecular weight is 447 g/mol. The maximum atomic E-state index is 12.3. The van der Waals surface area contributed by atoms with Crippen molar-refractivity contribution in [2.24, 2.45) is 11.0 Å². The van der Waals surface area contributed by atoms with Gasteiger partial charge in [-0.3, -0.25) is 9.59 Å². The van der Waals surface area contributed by atoms with E-state index in [0.29, 0.717) is 6.54 Å². The Morgan fingerprint density at radius 1 is 1.20 bits per heavy atom. The van der Waals surface area contributed by atoms with Crippen molar-refractivity contribution in [1.82, 2.24) is 5.43 Å². The van der Waals surface area contributed by atoms with Gasteiger partial charge in [0.25, 0.3) is 0 Å². The van der Waals surface area contributed by atoms with E-state index in [-0.39, 0.29) is 24.2 Å². The van der Waals surface area contributed by atoms with Crippen LogP contribution in [0.25, 0.3) is 0 Å². The number of amides is 2. The van der Waals surface area contributed by atoms with Crippen LogP contribution in [-0.2, 0) is 9.59 Å². The molecule has 0 bridgehead atoms. The van der Waals surface area contributed by atoms with E-state index < -0.39 is 0 Å². The van der Waals surface area contributed by atoms with E-state index in [4.69, 9.17) is 0 Å². The quantitative estimate of drug-likeness (QED) is 0.445. The highest BCUT2D eigenvalue weighted by Crippen LogP contribution is 2.25. The summed E-state index contributed by atoms with van der Waals surface area (Å²) in [5.74, 6) is -0.655. The molecule has 5 nitrogen and oxygen atoms in total. The highest BCUT2D eigenvalue weighted by Gasteiger charge is 2.35. The Labute approximate surface area is 160 Å². The van der Waals surface area contributed by atoms with Crippen LogP contribution in [0.2, 0.25) is 0 Å². The largest absolute Gasteiger partial charge is 0.312 e. The molecule has 0 aromatic heterocycles. The first-order valence-corrected chi connectivity index (χ1v) is 9.06. The fraction of sp³-hybridized carbons (Fsp3) is 0.211. The van der Waals surface area contributed by atoms with Crippen LogP contribution in [0.3, 0.4) is 0 Å². The lowest BCUT2D eigenvalue weighted by Crippen LogP contribution is -2.30. The van der Waals surface area contributed by atoms with Gasteiger partial charge >= 0.3 is 0 Å². The second-order valence-corrected chi connectivity index (χ2v) is 7.27. The zero-order valence-corrected chi connectivity index (χ0v) is 15.9. The molecule has 1 heterocycles. The first kappa shape index (κ1) is 17.6. The zero-order valence-electron chi connectivity index (χ0n) is 13.8. The molecule has 0 saturated carbocycles. The van der Waals surface area contributed by atoms with Gasteiger partial charge in [0.2, 0.25) is 11.8 Å². The number of hydrogen-bond donors (Lipinski definition) is 1. The number of carbonyl (C=O) groups is 2. The fourth-order valence-electron chi connectivity index (χ4n) is 2.67. The van der Waals surface area contributed by atoms with Crippen LogP contribution in [0.5, 0.6) is 0 Å². The number of anilines is 1. The van der Waals surface area contributed by atoms with Crippen LogP contribution in [0.1, 0.15) is 17.5 Å². The second-order valence-electron chi connectivity index (χ2n) is 6.03. The van der Waals surface area contributed by atoms with Crippen LogP contribution in [0.4, 0.5) is 5.69 Å². The number of rotatable bonds is 4. The lowest BCUT2D eigenvalue weighted by molar-refractivity contribution is -0.126. The first-order chi connectivity index (χ1) is 12.0. The molecule has 1 saturated heterocycles. The summed E-state index contributed by atoms with van der Waals surface area (Å²) in [4.78, 5) is 26.1. The maximum Gasteiger partial charge on any atom is 0.245 e. The van der Waals surface area contributed by atoms with Gasteiger partial charge in [-0.25, -0.2) is 5.43 Å². The molecule has 3 rings (SSSR count). The molecule has 0 spiro atoms. The number of nitrogens with one attached hydrogen (secondary N) is 1. The Morgan fingerprint density at radius 3 is 2.56 bits per heavy atom. The van der Waals surface area contributed by atoms with Crippen molar-refractivity contribution in [3.63, 3.8) is 0 Å². The Bertz CT molecular complexity index is 800. The molecule has 0 radical (unpaired) electrons. The van der Waals surface area contributed by atoms with Gasteiger partial charge < -0.3 is 4.90 Å². The van der Waals surface area contributed by atoms with Crippen molar-refractivity contribution in [2.75, 3.05) is 11.4 Å². The standard InChI is InChI=1S/C19H18IN3O2/c1-13-2-8-17(9-3-13)23-12-15(10-18(23)24)19(25)22-21-11-14-4-6-16(20)7-5-14/h2-9,11,15H,10,12H2,1H3,(H,22,25)/b21-11-/t15-/m0/s1. The molecule has 128 valence electrons. The van der Waals surface area contributed by atoms with E-state index in [1.807, 2.05) is 55.5 Å². The third-order valence-corrected chi connectivity index (χ3v) is 4.82. The fourth-order valence-corrected chi connectivity index (χ4v) is 3.03. The number of halogens is 1. The Morgan fingerprint density at radius 2 is 1.88 bits per heavy atom. The minimum atomic E-state index is -0.386. The number of aryl methyl sites for hydroxylation is 1. The van der Waals surface area contributed by atoms with Gasteiger partial charge in [-0.2, -0.15) is 5.10 Å². The smallest absolute Gasteiger partial charge is 0.245 e. The predicted molar refractivity (Wildman–Crippen MR) is 107 cm³/mol. The van der Waals surface area contributed by atoms with E-state index in [1.165, 1.54) is 0 Å². The third-order valence-electron chi connectivity index (χ3n) is 4.10. The minimum absolute atomic E-state index is 0.0365. The van der Waals surface area contributed by atoms with Crippen LogP contribution >= 0.6 is 22.6 Å². The number of carbonyl (C=O) groups excluding carboxylic acids is 2. The highest BCUT2D eigenvalue weighted by molar-refractivity contribution is 14.1. The summed E-state index contributed by atoms with van der Waals surface area (Å²) in [7, 11) is 0. The van der Waals surface area contributed by atoms with E-state index in [2.05, 4.69) is 33.1 Å². The predicted octanol–water partition coefficient (Wildman–Crippen LogP) is 3.10. The third kappa shape index (κ3) is 4.45. The summed E-state index contributed by atoms with van der Waals surface area (Å²) >= 11 is 2.23. The van der Waals surface area contributed by atoms with Crippen molar-refractivity contribution in [2.45, 2.75) is 13.3 Å². The summed E-state index contributed by atoms with van der Waals surface area (Å²) in [6.45, 7) is 2.38. The van der Waals surface area contributed by atoms with Crippen LogP contribution in [-0.4, -0.2) is 24.6 Å². The summed E-state index contributed by atoms with van der Waals surface area (Å²) in [5.41, 5.74) is 5.41. The molecule has 2 amide bonds. The van der Waals surface area contributed by atoms with Crippen molar-refractivity contribution >= 4 is 46.3 Å². The van der Waals surface area contributed by atoms with Crippen LogP contribution in [0.15, 0.2) is 53.6 Å². The van der Waals surface area contributed by atoms with Gasteiger partial charge in [0.1, 0.15) is 0 Å². The maximum absolute atomic E-state index is 12.3. The average Bonchev–Trinajstić information content (AvgIpc) is 2.99. The minimum Gasteiger partial charge on any atom is -0.312 e. The summed E-state index contributed by atoms with van der Waals surface area (Å²) in [6.07, 6.45) is 1.81. The lowest BCUT2D eigenvalue weighted by atomic mass is 10.1. The molecule has 1 aliphatic rings. The first-order valence-electron chi connectivity index (χ1n) is 7.98. The van der Waals surface area contributed by atoms with E-state index >= 15 is 0 Å². The molecule has 0 aliphatic carbocycles. The van der Waals surface area contributed by atoms with Crippen LogP contribution in [0, 0.1) is 16.4 Å². The van der Waals surface area contributed by atoms with Gasteiger partial charge in [0.05, 0.1) is 12.1 Å². The number of nitrogens with zero attached hydrogens (tertiary/aromatic N) is 2. The zero-order chi connectivity index (χ0) is 17.8. The van der Waals surface area contributed by atoms with E-state index in [9.17, 15) is 9.59 Å². The van der Waals surface area contributed by atoms with Gasteiger partial charge in [-0.05, 0) is 59.3 Å². The second kappa shape index (κ2) is 7.77. The van der Waals surface area contributed by atoms with Gasteiger partial charge in [0, 0.05) is 22.2 Å². The molecular weight excluding hydrogens is 429 g/mol. The van der Waals surface area contributed by atoms with Crippen molar-refractivity contribution in [1.29, 1.82) is 0 Å². The monoisotopic (exact) mass is 447 g/mol. The molecular formula is C19H18IN3O2. The molecule has 1 atom stereocenters. The molecule has 1 N–H and O–H groups in total. The van der Waals surface area contributed by atoms with Crippen molar-refractivity contribution < 1.29 is 9.59 Å². The molecule has 1 aliphatic heterocycles.